The summed E-state index contributed by atoms with van der Waals surface area (Å²) in [6.07, 6.45) is 32.4. The number of hydrogen-bond donors (Lipinski definition) is 0. The fraction of sp³-hybridized carbons (Fsp3) is 1.00. The van der Waals surface area contributed by atoms with Crippen molar-refractivity contribution in [2.75, 3.05) is 26.2 Å². The van der Waals surface area contributed by atoms with Crippen molar-refractivity contribution in [2.45, 2.75) is 155 Å². The van der Waals surface area contributed by atoms with Crippen molar-refractivity contribution in [3.8, 4) is 0 Å². The molecule has 1 heteroatoms. The van der Waals surface area contributed by atoms with E-state index in [1.807, 2.05) is 0 Å². The number of nitrogens with zero attached hydrogens (tertiary/aromatic N) is 1. The van der Waals surface area contributed by atoms with Crippen LogP contribution in [0.2, 0.25) is 0 Å². The Labute approximate surface area is 186 Å². The lowest BCUT2D eigenvalue weighted by Crippen LogP contribution is -2.46. The number of hydrogen-bond acceptors (Lipinski definition) is 0. The quantitative estimate of drug-likeness (QED) is 0.124. The molecule has 29 heavy (non-hydrogen) atoms. The molecule has 0 aromatic carbocycles. The van der Waals surface area contributed by atoms with E-state index < -0.39 is 0 Å². The molecule has 0 aromatic heterocycles. The Kier molecular flexibility index (Phi) is 18.5. The second-order valence-electron chi connectivity index (χ2n) is 10.3. The maximum Gasteiger partial charge on any atom is 0.0788 e. The van der Waals surface area contributed by atoms with Crippen molar-refractivity contribution >= 4 is 0 Å². The predicted octanol–water partition coefficient (Wildman–Crippen LogP) is 9.44. The average molecular weight is 409 g/mol. The highest BCUT2D eigenvalue weighted by Crippen LogP contribution is 2.23. The molecule has 0 aliphatic carbocycles. The van der Waals surface area contributed by atoms with E-state index in [0.717, 1.165) is 0 Å². The van der Waals surface area contributed by atoms with Gasteiger partial charge in [0.15, 0.2) is 0 Å². The van der Waals surface area contributed by atoms with Gasteiger partial charge in [-0.15, -0.1) is 0 Å². The van der Waals surface area contributed by atoms with Gasteiger partial charge < -0.3 is 4.48 Å². The summed E-state index contributed by atoms with van der Waals surface area (Å²) in [7, 11) is 0. The summed E-state index contributed by atoms with van der Waals surface area (Å²) in [4.78, 5) is 0. The Balaban J connectivity index is 1.92. The predicted molar refractivity (Wildman–Crippen MR) is 133 cm³/mol. The first-order valence-electron chi connectivity index (χ1n) is 14.2. The van der Waals surface area contributed by atoms with Crippen LogP contribution in [-0.4, -0.2) is 30.7 Å². The Morgan fingerprint density at radius 1 is 0.379 bits per heavy atom. The van der Waals surface area contributed by atoms with Gasteiger partial charge in [-0.05, 0) is 25.7 Å². The fourth-order valence-electron chi connectivity index (χ4n) is 5.43. The summed E-state index contributed by atoms with van der Waals surface area (Å²) in [5.74, 6) is 0. The molecule has 0 unspecified atom stereocenters. The molecule has 1 aliphatic heterocycles. The molecule has 0 amide bonds. The highest BCUT2D eigenvalue weighted by Gasteiger charge is 2.30. The Morgan fingerprint density at radius 2 is 0.655 bits per heavy atom. The number of unbranched alkanes of at least 4 members (excludes halogenated alkanes) is 18. The van der Waals surface area contributed by atoms with Gasteiger partial charge in [0, 0.05) is 12.8 Å². The van der Waals surface area contributed by atoms with Gasteiger partial charge in [0.1, 0.15) is 0 Å². The van der Waals surface area contributed by atoms with Crippen LogP contribution in [0.1, 0.15) is 155 Å². The molecular weight excluding hydrogens is 350 g/mol. The summed E-state index contributed by atoms with van der Waals surface area (Å²) < 4.78 is 1.49. The molecular formula is C28H58N+. The third-order valence-corrected chi connectivity index (χ3v) is 7.49. The lowest BCUT2D eigenvalue weighted by Gasteiger charge is -2.34. The second-order valence-corrected chi connectivity index (χ2v) is 10.3. The highest BCUT2D eigenvalue weighted by molar-refractivity contribution is 4.57. The molecule has 0 aromatic rings. The molecule has 0 bridgehead atoms. The van der Waals surface area contributed by atoms with E-state index >= 15 is 0 Å². The average Bonchev–Trinajstić information content (AvgIpc) is 3.20. The molecule has 174 valence electrons. The van der Waals surface area contributed by atoms with Crippen molar-refractivity contribution in [3.05, 3.63) is 0 Å². The van der Waals surface area contributed by atoms with Gasteiger partial charge in [0.25, 0.3) is 0 Å². The zero-order valence-corrected chi connectivity index (χ0v) is 20.8. The molecule has 1 saturated heterocycles. The van der Waals surface area contributed by atoms with Gasteiger partial charge in [-0.1, -0.05) is 117 Å². The van der Waals surface area contributed by atoms with E-state index in [2.05, 4.69) is 13.8 Å². The van der Waals surface area contributed by atoms with Gasteiger partial charge >= 0.3 is 0 Å². The largest absolute Gasteiger partial charge is 0.324 e. The molecule has 0 saturated carbocycles. The van der Waals surface area contributed by atoms with E-state index in [1.165, 1.54) is 172 Å². The zero-order chi connectivity index (χ0) is 20.9. The summed E-state index contributed by atoms with van der Waals surface area (Å²) >= 11 is 0. The van der Waals surface area contributed by atoms with Gasteiger partial charge in [-0.3, -0.25) is 0 Å². The lowest BCUT2D eigenvalue weighted by atomic mass is 10.0. The van der Waals surface area contributed by atoms with Gasteiger partial charge in [-0.25, -0.2) is 0 Å². The molecule has 1 fully saturated rings. The van der Waals surface area contributed by atoms with Crippen LogP contribution in [0.25, 0.3) is 0 Å². The monoisotopic (exact) mass is 408 g/mol. The second kappa shape index (κ2) is 19.9. The standard InChI is InChI=1S/C28H58N/c1-3-5-7-9-11-12-13-14-15-16-18-20-22-26-29(27-23-24-28-29)25-21-19-17-10-8-6-4-2/h3-28H2,1-2H3/q+1. The summed E-state index contributed by atoms with van der Waals surface area (Å²) in [6.45, 7) is 10.6. The number of quaternary nitrogens is 1. The maximum atomic E-state index is 2.32. The van der Waals surface area contributed by atoms with E-state index in [9.17, 15) is 0 Å². The minimum absolute atomic E-state index is 1.37. The van der Waals surface area contributed by atoms with Gasteiger partial charge in [0.05, 0.1) is 26.2 Å². The highest BCUT2D eigenvalue weighted by atomic mass is 15.4. The molecule has 0 radical (unpaired) electrons. The molecule has 1 aliphatic rings. The van der Waals surface area contributed by atoms with Crippen molar-refractivity contribution < 1.29 is 4.48 Å². The first-order valence-corrected chi connectivity index (χ1v) is 14.2. The van der Waals surface area contributed by atoms with Crippen molar-refractivity contribution in [1.29, 1.82) is 0 Å². The normalized spacial score (nSPS) is 15.9. The Morgan fingerprint density at radius 3 is 0.966 bits per heavy atom. The van der Waals surface area contributed by atoms with Crippen LogP contribution in [0.3, 0.4) is 0 Å². The summed E-state index contributed by atoms with van der Waals surface area (Å²) in [5.41, 5.74) is 0. The maximum absolute atomic E-state index is 2.32. The van der Waals surface area contributed by atoms with Crippen LogP contribution in [0.5, 0.6) is 0 Å². The van der Waals surface area contributed by atoms with Crippen molar-refractivity contribution in [2.24, 2.45) is 0 Å². The molecule has 0 N–H and O–H groups in total. The fourth-order valence-corrected chi connectivity index (χ4v) is 5.43. The van der Waals surface area contributed by atoms with Gasteiger partial charge in [0.2, 0.25) is 0 Å². The van der Waals surface area contributed by atoms with Crippen LogP contribution < -0.4 is 0 Å². The first kappa shape index (κ1) is 27.0. The van der Waals surface area contributed by atoms with Crippen molar-refractivity contribution in [1.82, 2.24) is 0 Å². The van der Waals surface area contributed by atoms with Gasteiger partial charge in [-0.2, -0.15) is 0 Å². The molecule has 1 rings (SSSR count). The zero-order valence-electron chi connectivity index (χ0n) is 20.8. The van der Waals surface area contributed by atoms with E-state index in [0.29, 0.717) is 0 Å². The van der Waals surface area contributed by atoms with Crippen LogP contribution in [-0.2, 0) is 0 Å². The third kappa shape index (κ3) is 15.4. The number of likely N-dealkylation sites (tertiary alicyclic amines) is 1. The lowest BCUT2D eigenvalue weighted by molar-refractivity contribution is -0.917. The molecule has 1 nitrogen and oxygen atoms in total. The summed E-state index contributed by atoms with van der Waals surface area (Å²) in [6, 6.07) is 0. The number of rotatable bonds is 22. The third-order valence-electron chi connectivity index (χ3n) is 7.49. The van der Waals surface area contributed by atoms with E-state index in [4.69, 9.17) is 0 Å². The topological polar surface area (TPSA) is 0 Å². The SMILES string of the molecule is CCCCCCCCCCCCCCC[N+]1(CCCCCCCCC)CCCC1. The molecule has 0 atom stereocenters. The Hall–Kier alpha value is -0.0400. The molecule has 0 spiro atoms. The van der Waals surface area contributed by atoms with Crippen LogP contribution in [0.15, 0.2) is 0 Å². The molecule has 1 heterocycles. The van der Waals surface area contributed by atoms with Crippen LogP contribution in [0.4, 0.5) is 0 Å². The van der Waals surface area contributed by atoms with Crippen LogP contribution >= 0.6 is 0 Å². The first-order chi connectivity index (χ1) is 14.3. The smallest absolute Gasteiger partial charge is 0.0788 e. The summed E-state index contributed by atoms with van der Waals surface area (Å²) in [5, 5.41) is 0. The van der Waals surface area contributed by atoms with Crippen molar-refractivity contribution in [3.63, 3.8) is 0 Å². The van der Waals surface area contributed by atoms with E-state index in [-0.39, 0.29) is 0 Å². The van der Waals surface area contributed by atoms with Crippen LogP contribution in [0, 0.1) is 0 Å². The minimum atomic E-state index is 1.37. The van der Waals surface area contributed by atoms with E-state index in [1.54, 1.807) is 0 Å². The minimum Gasteiger partial charge on any atom is -0.324 e. The Bertz CT molecular complexity index is 318.